The maximum atomic E-state index is 12.7. The second-order valence-electron chi connectivity index (χ2n) is 5.83. The molecule has 1 N–H and O–H groups in total. The Bertz CT molecular complexity index is 906. The number of ether oxygens (including phenoxy) is 2. The molecule has 0 bridgehead atoms. The fraction of sp³-hybridized carbons (Fsp3) is 0.263. The zero-order valence-electron chi connectivity index (χ0n) is 15.7. The van der Waals surface area contributed by atoms with Crippen molar-refractivity contribution in [1.29, 1.82) is 0 Å². The van der Waals surface area contributed by atoms with Crippen molar-refractivity contribution in [1.82, 2.24) is 0 Å². The normalized spacial score (nSPS) is 11.9. The number of methoxy groups -OCH3 is 2. The number of anilines is 1. The molecule has 0 spiro atoms. The lowest BCUT2D eigenvalue weighted by Gasteiger charge is -2.16. The Balaban J connectivity index is 2.33. The molecule has 1 atom stereocenters. The van der Waals surface area contributed by atoms with E-state index < -0.39 is 17.7 Å². The number of halogens is 2. The number of Topliss-reactive ketones (excluding diaryl/α,β-unsaturated/α-hetero) is 1. The molecule has 0 aromatic heterocycles. The van der Waals surface area contributed by atoms with E-state index in [4.69, 9.17) is 32.7 Å². The Kier molecular flexibility index (Phi) is 7.37. The van der Waals surface area contributed by atoms with Crippen LogP contribution in [0.1, 0.15) is 12.5 Å². The number of carbonyl (C=O) groups excluding carboxylic acids is 2. The van der Waals surface area contributed by atoms with Gasteiger partial charge in [-0.15, -0.1) is 0 Å². The van der Waals surface area contributed by atoms with Crippen LogP contribution < -0.4 is 14.8 Å². The van der Waals surface area contributed by atoms with Crippen LogP contribution in [-0.4, -0.2) is 32.0 Å². The lowest BCUT2D eigenvalue weighted by molar-refractivity contribution is -0.126. The number of nitrogens with zero attached hydrogens (tertiary/aromatic N) is 2. The molecule has 1 amide bonds. The molecule has 0 aliphatic rings. The van der Waals surface area contributed by atoms with Crippen molar-refractivity contribution in [2.45, 2.75) is 19.9 Å². The molecule has 0 fully saturated rings. The molecule has 2 aromatic carbocycles. The number of carbonyl (C=O) groups is 2. The van der Waals surface area contributed by atoms with Crippen LogP contribution in [0.3, 0.4) is 0 Å². The Hall–Kier alpha value is -2.64. The van der Waals surface area contributed by atoms with E-state index in [1.165, 1.54) is 33.3 Å². The second-order valence-corrected chi connectivity index (χ2v) is 6.71. The zero-order valence-corrected chi connectivity index (χ0v) is 17.3. The summed E-state index contributed by atoms with van der Waals surface area (Å²) in [7, 11) is 2.84. The van der Waals surface area contributed by atoms with Crippen LogP contribution in [-0.2, 0) is 9.59 Å². The number of ketones is 1. The van der Waals surface area contributed by atoms with Gasteiger partial charge in [0.05, 0.1) is 19.9 Å². The minimum absolute atomic E-state index is 0.236. The number of hydrogen-bond donors (Lipinski definition) is 1. The lowest BCUT2D eigenvalue weighted by atomic mass is 10.2. The van der Waals surface area contributed by atoms with Crippen molar-refractivity contribution in [2.75, 3.05) is 19.5 Å². The van der Waals surface area contributed by atoms with Crippen LogP contribution in [0.2, 0.25) is 10.0 Å². The first kappa shape index (κ1) is 21.7. The van der Waals surface area contributed by atoms with E-state index in [2.05, 4.69) is 15.5 Å². The number of hydrogen-bond acceptors (Lipinski definition) is 6. The molecule has 9 heteroatoms. The van der Waals surface area contributed by atoms with Gasteiger partial charge in [-0.3, -0.25) is 9.59 Å². The van der Waals surface area contributed by atoms with Crippen LogP contribution >= 0.6 is 23.2 Å². The summed E-state index contributed by atoms with van der Waals surface area (Å²) in [4.78, 5) is 24.7. The van der Waals surface area contributed by atoms with Crippen molar-refractivity contribution in [2.24, 2.45) is 10.2 Å². The third-order valence-electron chi connectivity index (χ3n) is 3.80. The van der Waals surface area contributed by atoms with Crippen LogP contribution in [0.15, 0.2) is 40.6 Å². The van der Waals surface area contributed by atoms with E-state index in [0.29, 0.717) is 15.7 Å². The summed E-state index contributed by atoms with van der Waals surface area (Å²) in [5, 5.41) is 11.4. The van der Waals surface area contributed by atoms with Gasteiger partial charge in [0.1, 0.15) is 17.2 Å². The maximum Gasteiger partial charge on any atom is 0.259 e. The number of rotatable bonds is 7. The molecule has 2 aromatic rings. The summed E-state index contributed by atoms with van der Waals surface area (Å²) in [6, 6.07) is 6.75. The van der Waals surface area contributed by atoms with E-state index in [-0.39, 0.29) is 17.2 Å². The van der Waals surface area contributed by atoms with Crippen molar-refractivity contribution in [3.8, 4) is 11.5 Å². The van der Waals surface area contributed by atoms with E-state index in [1.807, 2.05) is 6.92 Å². The number of benzene rings is 2. The van der Waals surface area contributed by atoms with Crippen LogP contribution in [0.4, 0.5) is 11.4 Å². The smallest absolute Gasteiger partial charge is 0.259 e. The highest BCUT2D eigenvalue weighted by Crippen LogP contribution is 2.38. The minimum atomic E-state index is -1.36. The first-order valence-corrected chi connectivity index (χ1v) is 8.92. The summed E-state index contributed by atoms with van der Waals surface area (Å²) in [5.74, 6) is -0.604. The van der Waals surface area contributed by atoms with Crippen LogP contribution in [0, 0.1) is 6.92 Å². The molecule has 0 saturated heterocycles. The average molecular weight is 424 g/mol. The zero-order chi connectivity index (χ0) is 20.8. The fourth-order valence-electron chi connectivity index (χ4n) is 2.32. The topological polar surface area (TPSA) is 89.3 Å². The highest BCUT2D eigenvalue weighted by molar-refractivity contribution is 6.31. The van der Waals surface area contributed by atoms with Gasteiger partial charge in [-0.1, -0.05) is 29.3 Å². The Morgan fingerprint density at radius 3 is 2.18 bits per heavy atom. The average Bonchev–Trinajstić information content (AvgIpc) is 2.65. The Labute approximate surface area is 172 Å². The van der Waals surface area contributed by atoms with Gasteiger partial charge >= 0.3 is 0 Å². The third-order valence-corrected chi connectivity index (χ3v) is 4.26. The molecule has 2 rings (SSSR count). The molecule has 28 heavy (non-hydrogen) atoms. The summed E-state index contributed by atoms with van der Waals surface area (Å²) in [6.07, 6.45) is 0. The third kappa shape index (κ3) is 5.21. The maximum absolute atomic E-state index is 12.7. The summed E-state index contributed by atoms with van der Waals surface area (Å²) >= 11 is 12.0. The molecular weight excluding hydrogens is 405 g/mol. The second kappa shape index (κ2) is 9.52. The van der Waals surface area contributed by atoms with Gasteiger partial charge in [-0.2, -0.15) is 10.2 Å². The van der Waals surface area contributed by atoms with Crippen molar-refractivity contribution >= 4 is 46.3 Å². The molecule has 0 aliphatic heterocycles. The van der Waals surface area contributed by atoms with E-state index >= 15 is 0 Å². The van der Waals surface area contributed by atoms with Gasteiger partial charge < -0.3 is 14.8 Å². The molecule has 0 radical (unpaired) electrons. The van der Waals surface area contributed by atoms with Gasteiger partial charge in [-0.25, -0.2) is 0 Å². The van der Waals surface area contributed by atoms with Gasteiger partial charge in [0.25, 0.3) is 5.91 Å². The summed E-state index contributed by atoms with van der Waals surface area (Å²) in [5.41, 5.74) is 1.50. The Morgan fingerprint density at radius 2 is 1.64 bits per heavy atom. The molecule has 0 aliphatic carbocycles. The van der Waals surface area contributed by atoms with E-state index in [0.717, 1.165) is 5.56 Å². The van der Waals surface area contributed by atoms with Crippen molar-refractivity contribution in [3.05, 3.63) is 45.9 Å². The molecular formula is C19H19Cl2N3O4. The summed E-state index contributed by atoms with van der Waals surface area (Å²) in [6.45, 7) is 3.07. The lowest BCUT2D eigenvalue weighted by Crippen LogP contribution is -2.32. The quantitative estimate of drug-likeness (QED) is 0.501. The molecule has 1 unspecified atom stereocenters. The van der Waals surface area contributed by atoms with Crippen LogP contribution in [0.5, 0.6) is 11.5 Å². The largest absolute Gasteiger partial charge is 0.494 e. The Morgan fingerprint density at radius 1 is 1.04 bits per heavy atom. The SMILES string of the molecule is COc1cc(Cl)cc(OC)c1NC(=O)C(N=Nc1cc(Cl)ccc1C)C(C)=O. The predicted octanol–water partition coefficient (Wildman–Crippen LogP) is 5.00. The first-order valence-electron chi connectivity index (χ1n) is 8.16. The number of nitrogens with one attached hydrogen (secondary N) is 1. The molecule has 0 saturated carbocycles. The highest BCUT2D eigenvalue weighted by atomic mass is 35.5. The first-order chi connectivity index (χ1) is 13.3. The van der Waals surface area contributed by atoms with Gasteiger partial charge in [0.15, 0.2) is 5.78 Å². The van der Waals surface area contributed by atoms with Gasteiger partial charge in [0, 0.05) is 22.2 Å². The standard InChI is InChI=1S/C19H19Cl2N3O4/c1-10-5-6-12(20)7-14(10)23-24-17(11(2)25)19(26)22-18-15(27-3)8-13(21)9-16(18)28-4/h5-9,17H,1-4H3,(H,22,26). The van der Waals surface area contributed by atoms with Crippen LogP contribution in [0.25, 0.3) is 0 Å². The van der Waals surface area contributed by atoms with Gasteiger partial charge in [0.2, 0.25) is 6.04 Å². The number of aryl methyl sites for hydroxylation is 1. The van der Waals surface area contributed by atoms with Crippen molar-refractivity contribution < 1.29 is 19.1 Å². The molecule has 7 nitrogen and oxygen atoms in total. The van der Waals surface area contributed by atoms with Crippen molar-refractivity contribution in [3.63, 3.8) is 0 Å². The van der Waals surface area contributed by atoms with E-state index in [1.54, 1.807) is 18.2 Å². The predicted molar refractivity (Wildman–Crippen MR) is 108 cm³/mol. The minimum Gasteiger partial charge on any atom is -0.494 e. The van der Waals surface area contributed by atoms with Gasteiger partial charge in [-0.05, 0) is 31.5 Å². The number of amides is 1. The summed E-state index contributed by atoms with van der Waals surface area (Å²) < 4.78 is 10.5. The number of azo groups is 1. The highest BCUT2D eigenvalue weighted by Gasteiger charge is 2.26. The molecule has 148 valence electrons. The fourth-order valence-corrected chi connectivity index (χ4v) is 2.69. The van der Waals surface area contributed by atoms with E-state index in [9.17, 15) is 9.59 Å². The monoisotopic (exact) mass is 423 g/mol. The molecule has 0 heterocycles.